The predicted octanol–water partition coefficient (Wildman–Crippen LogP) is 2.98. The van der Waals surface area contributed by atoms with Gasteiger partial charge in [0.15, 0.2) is 5.65 Å². The highest BCUT2D eigenvalue weighted by atomic mass is 32.1. The molecule has 0 aliphatic heterocycles. The van der Waals surface area contributed by atoms with E-state index in [-0.39, 0.29) is 6.04 Å². The lowest BCUT2D eigenvalue weighted by Gasteiger charge is -2.17. The van der Waals surface area contributed by atoms with Crippen LogP contribution >= 0.6 is 11.3 Å². The zero-order valence-corrected chi connectivity index (χ0v) is 12.8. The van der Waals surface area contributed by atoms with Crippen LogP contribution in [0.25, 0.3) is 11.2 Å². The molecule has 0 amide bonds. The van der Waals surface area contributed by atoms with Crippen molar-refractivity contribution in [2.75, 3.05) is 5.73 Å². The number of nitrogen functional groups attached to an aromatic ring is 1. The van der Waals surface area contributed by atoms with Gasteiger partial charge in [0.25, 0.3) is 0 Å². The van der Waals surface area contributed by atoms with Gasteiger partial charge in [-0.1, -0.05) is 19.9 Å². The Morgan fingerprint density at radius 1 is 1.40 bits per heavy atom. The highest BCUT2D eigenvalue weighted by Crippen LogP contribution is 2.32. The maximum absolute atomic E-state index is 6.19. The molecule has 0 spiro atoms. The van der Waals surface area contributed by atoms with Gasteiger partial charge in [-0.2, -0.15) is 5.10 Å². The first kappa shape index (κ1) is 13.2. The Hall–Kier alpha value is -1.82. The Morgan fingerprint density at radius 3 is 2.80 bits per heavy atom. The Balaban J connectivity index is 2.24. The number of aromatic nitrogens is 4. The molecule has 0 saturated carbocycles. The summed E-state index contributed by atoms with van der Waals surface area (Å²) in [5.41, 5.74) is 9.14. The van der Waals surface area contributed by atoms with E-state index in [0.717, 1.165) is 29.7 Å². The van der Waals surface area contributed by atoms with Gasteiger partial charge in [0.05, 0.1) is 11.7 Å². The fraction of sp³-hybridized carbons (Fsp3) is 0.429. The Morgan fingerprint density at radius 2 is 2.20 bits per heavy atom. The number of fused-ring (bicyclic) bond motifs is 1. The molecule has 106 valence electrons. The molecular formula is C14H19N5S. The van der Waals surface area contributed by atoms with E-state index in [1.54, 1.807) is 11.3 Å². The van der Waals surface area contributed by atoms with Crippen molar-refractivity contribution >= 4 is 28.4 Å². The van der Waals surface area contributed by atoms with Crippen LogP contribution in [0.2, 0.25) is 0 Å². The standard InChI is InChI=1S/C14H19N5S/c1-4-9-12-13(18(3)17-9)19(14(15)16-12)10(5-2)11-7-6-8-20-11/h6-8,10H,4-5H2,1-3H3,(H2,15,16). The van der Waals surface area contributed by atoms with Crippen LogP contribution in [0.4, 0.5) is 5.95 Å². The highest BCUT2D eigenvalue weighted by Gasteiger charge is 2.23. The number of anilines is 1. The third kappa shape index (κ3) is 1.83. The number of rotatable bonds is 4. The van der Waals surface area contributed by atoms with Gasteiger partial charge < -0.3 is 5.73 Å². The zero-order chi connectivity index (χ0) is 14.3. The summed E-state index contributed by atoms with van der Waals surface area (Å²) in [6.07, 6.45) is 1.84. The van der Waals surface area contributed by atoms with E-state index in [1.807, 2.05) is 11.7 Å². The van der Waals surface area contributed by atoms with Crippen molar-refractivity contribution in [1.82, 2.24) is 19.3 Å². The van der Waals surface area contributed by atoms with Crippen LogP contribution in [0.3, 0.4) is 0 Å². The van der Waals surface area contributed by atoms with Crippen LogP contribution in [0.1, 0.15) is 36.9 Å². The second-order valence-corrected chi connectivity index (χ2v) is 5.85. The van der Waals surface area contributed by atoms with Gasteiger partial charge in [-0.3, -0.25) is 9.25 Å². The van der Waals surface area contributed by atoms with Gasteiger partial charge >= 0.3 is 0 Å². The summed E-state index contributed by atoms with van der Waals surface area (Å²) < 4.78 is 4.02. The molecule has 2 N–H and O–H groups in total. The van der Waals surface area contributed by atoms with E-state index in [1.165, 1.54) is 4.88 Å². The molecule has 6 heteroatoms. The molecule has 0 bridgehead atoms. The molecule has 3 rings (SSSR count). The first-order chi connectivity index (χ1) is 9.67. The van der Waals surface area contributed by atoms with E-state index in [0.29, 0.717) is 5.95 Å². The molecule has 0 aliphatic rings. The number of hydrogen-bond acceptors (Lipinski definition) is 4. The maximum atomic E-state index is 6.19. The van der Waals surface area contributed by atoms with Gasteiger partial charge in [0.1, 0.15) is 5.52 Å². The van der Waals surface area contributed by atoms with E-state index in [2.05, 4.69) is 46.0 Å². The number of nitrogens with two attached hydrogens (primary N) is 1. The monoisotopic (exact) mass is 289 g/mol. The van der Waals surface area contributed by atoms with Crippen LogP contribution in [-0.4, -0.2) is 19.3 Å². The lowest BCUT2D eigenvalue weighted by molar-refractivity contribution is 0.581. The summed E-state index contributed by atoms with van der Waals surface area (Å²) in [6, 6.07) is 4.45. The van der Waals surface area contributed by atoms with Crippen LogP contribution in [-0.2, 0) is 13.5 Å². The molecule has 1 unspecified atom stereocenters. The number of imidazole rings is 1. The minimum absolute atomic E-state index is 0.222. The number of nitrogens with zero attached hydrogens (tertiary/aromatic N) is 4. The average molecular weight is 289 g/mol. The summed E-state index contributed by atoms with van der Waals surface area (Å²) in [7, 11) is 1.96. The van der Waals surface area contributed by atoms with Gasteiger partial charge in [-0.25, -0.2) is 4.98 Å². The van der Waals surface area contributed by atoms with Crippen molar-refractivity contribution in [2.45, 2.75) is 32.7 Å². The van der Waals surface area contributed by atoms with Crippen molar-refractivity contribution in [3.63, 3.8) is 0 Å². The molecular weight excluding hydrogens is 270 g/mol. The second-order valence-electron chi connectivity index (χ2n) is 4.88. The Labute approximate surface area is 122 Å². The Bertz CT molecular complexity index is 722. The summed E-state index contributed by atoms with van der Waals surface area (Å²) in [6.45, 7) is 4.26. The van der Waals surface area contributed by atoms with Crippen molar-refractivity contribution in [1.29, 1.82) is 0 Å². The van der Waals surface area contributed by atoms with Gasteiger partial charge in [-0.15, -0.1) is 11.3 Å². The number of aryl methyl sites for hydroxylation is 2. The lowest BCUT2D eigenvalue weighted by atomic mass is 10.2. The summed E-state index contributed by atoms with van der Waals surface area (Å²) in [5.74, 6) is 0.572. The fourth-order valence-electron chi connectivity index (χ4n) is 2.76. The molecule has 0 aliphatic carbocycles. The van der Waals surface area contributed by atoms with Crippen molar-refractivity contribution in [2.24, 2.45) is 7.05 Å². The third-order valence-corrected chi connectivity index (χ3v) is 4.64. The predicted molar refractivity (Wildman–Crippen MR) is 83.0 cm³/mol. The third-order valence-electron chi connectivity index (χ3n) is 3.67. The van der Waals surface area contributed by atoms with Crippen LogP contribution < -0.4 is 5.73 Å². The summed E-state index contributed by atoms with van der Waals surface area (Å²) in [4.78, 5) is 5.85. The molecule has 3 aromatic heterocycles. The van der Waals surface area contributed by atoms with E-state index >= 15 is 0 Å². The van der Waals surface area contributed by atoms with E-state index in [9.17, 15) is 0 Å². The van der Waals surface area contributed by atoms with Crippen LogP contribution in [0.5, 0.6) is 0 Å². The first-order valence-corrected chi connectivity index (χ1v) is 7.78. The van der Waals surface area contributed by atoms with Crippen molar-refractivity contribution in [3.8, 4) is 0 Å². The SMILES string of the molecule is CCc1nn(C)c2c1nc(N)n2C(CC)c1cccs1. The molecule has 3 aromatic rings. The molecule has 0 aromatic carbocycles. The topological polar surface area (TPSA) is 61.7 Å². The molecule has 20 heavy (non-hydrogen) atoms. The summed E-state index contributed by atoms with van der Waals surface area (Å²) >= 11 is 1.76. The van der Waals surface area contributed by atoms with Gasteiger partial charge in [0.2, 0.25) is 5.95 Å². The van der Waals surface area contributed by atoms with Crippen LogP contribution in [0, 0.1) is 0 Å². The van der Waals surface area contributed by atoms with Gasteiger partial charge in [-0.05, 0) is 24.3 Å². The molecule has 5 nitrogen and oxygen atoms in total. The Kier molecular flexibility index (Phi) is 3.25. The number of hydrogen-bond donors (Lipinski definition) is 1. The molecule has 1 atom stereocenters. The quantitative estimate of drug-likeness (QED) is 0.803. The lowest BCUT2D eigenvalue weighted by Crippen LogP contribution is -2.13. The van der Waals surface area contributed by atoms with Crippen molar-refractivity contribution < 1.29 is 0 Å². The average Bonchev–Trinajstić information content (AvgIpc) is 3.11. The molecule has 0 saturated heterocycles. The van der Waals surface area contributed by atoms with Gasteiger partial charge in [0, 0.05) is 11.9 Å². The van der Waals surface area contributed by atoms with Crippen molar-refractivity contribution in [3.05, 3.63) is 28.1 Å². The molecule has 3 heterocycles. The smallest absolute Gasteiger partial charge is 0.203 e. The first-order valence-electron chi connectivity index (χ1n) is 6.90. The minimum atomic E-state index is 0.222. The largest absolute Gasteiger partial charge is 0.369 e. The van der Waals surface area contributed by atoms with E-state index in [4.69, 9.17) is 5.73 Å². The van der Waals surface area contributed by atoms with E-state index < -0.39 is 0 Å². The minimum Gasteiger partial charge on any atom is -0.369 e. The van der Waals surface area contributed by atoms with Crippen LogP contribution in [0.15, 0.2) is 17.5 Å². The highest BCUT2D eigenvalue weighted by molar-refractivity contribution is 7.10. The normalized spacial score (nSPS) is 13.2. The number of thiophene rings is 1. The summed E-state index contributed by atoms with van der Waals surface area (Å²) in [5, 5.41) is 6.65. The fourth-order valence-corrected chi connectivity index (χ4v) is 3.66. The molecule has 0 fully saturated rings. The molecule has 0 radical (unpaired) electrons. The maximum Gasteiger partial charge on any atom is 0.203 e. The second kappa shape index (κ2) is 4.94. The zero-order valence-electron chi connectivity index (χ0n) is 12.0.